The molecule has 3 heterocycles. The highest BCUT2D eigenvalue weighted by molar-refractivity contribution is 7.87. The Morgan fingerprint density at radius 3 is 2.20 bits per heavy atom. The summed E-state index contributed by atoms with van der Waals surface area (Å²) in [6.07, 6.45) is 12.5. The zero-order valence-corrected chi connectivity index (χ0v) is 37.2. The van der Waals surface area contributed by atoms with Gasteiger partial charge in [-0.3, -0.25) is 29.0 Å². The summed E-state index contributed by atoms with van der Waals surface area (Å²) < 4.78 is 29.9. The average molecular weight is 858 g/mol. The molecule has 2 aromatic rings. The van der Waals surface area contributed by atoms with E-state index in [1.54, 1.807) is 17.2 Å². The van der Waals surface area contributed by atoms with E-state index in [1.165, 1.54) is 4.31 Å². The number of nitrogens with one attached hydrogen (secondary N) is 4. The van der Waals surface area contributed by atoms with Crippen molar-refractivity contribution in [3.05, 3.63) is 54.9 Å². The second-order valence-corrected chi connectivity index (χ2v) is 22.1. The van der Waals surface area contributed by atoms with Gasteiger partial charge >= 0.3 is 10.2 Å². The van der Waals surface area contributed by atoms with Crippen LogP contribution in [0.2, 0.25) is 0 Å². The van der Waals surface area contributed by atoms with Gasteiger partial charge in [0.2, 0.25) is 17.7 Å². The molecule has 1 aromatic carbocycles. The lowest BCUT2D eigenvalue weighted by molar-refractivity contribution is -0.145. The maximum Gasteiger partial charge on any atom is 0.303 e. The van der Waals surface area contributed by atoms with Gasteiger partial charge in [0.05, 0.1) is 0 Å². The quantitative estimate of drug-likeness (QED) is 0.220. The third-order valence-corrected chi connectivity index (χ3v) is 17.5. The van der Waals surface area contributed by atoms with E-state index in [9.17, 15) is 27.6 Å². The third-order valence-electron chi connectivity index (χ3n) is 16.1. The molecule has 1 aromatic heterocycles. The molecule has 14 nitrogen and oxygen atoms in total. The van der Waals surface area contributed by atoms with Gasteiger partial charge in [-0.1, -0.05) is 90.6 Å². The van der Waals surface area contributed by atoms with Gasteiger partial charge in [-0.05, 0) is 85.0 Å². The monoisotopic (exact) mass is 857 g/mol. The maximum atomic E-state index is 15.3. The largest absolute Gasteiger partial charge is 0.342 e. The number of hydrogen-bond donors (Lipinski definition) is 4. The van der Waals surface area contributed by atoms with Gasteiger partial charge in [0.25, 0.3) is 11.8 Å². The van der Waals surface area contributed by atoms with E-state index in [2.05, 4.69) is 46.1 Å². The number of amides is 5. The lowest BCUT2D eigenvalue weighted by Gasteiger charge is -2.38. The fraction of sp³-hybridized carbons (Fsp3) is 0.652. The van der Waals surface area contributed by atoms with Gasteiger partial charge in [0, 0.05) is 42.6 Å². The van der Waals surface area contributed by atoms with E-state index in [4.69, 9.17) is 0 Å². The fourth-order valence-electron chi connectivity index (χ4n) is 12.0. The van der Waals surface area contributed by atoms with Gasteiger partial charge in [-0.2, -0.15) is 12.7 Å². The molecule has 0 radical (unpaired) electrons. The lowest BCUT2D eigenvalue weighted by Crippen LogP contribution is -2.62. The average Bonchev–Trinajstić information content (AvgIpc) is 3.67. The first-order valence-corrected chi connectivity index (χ1v) is 23.8. The Kier molecular flexibility index (Phi) is 11.0. The summed E-state index contributed by atoms with van der Waals surface area (Å²) >= 11 is 0. The van der Waals surface area contributed by atoms with E-state index >= 15 is 4.79 Å². The second-order valence-electron chi connectivity index (χ2n) is 20.4. The lowest BCUT2D eigenvalue weighted by atomic mass is 9.73. The molecule has 15 heteroatoms. The van der Waals surface area contributed by atoms with Crippen LogP contribution in [0.1, 0.15) is 122 Å². The molecule has 5 amide bonds. The van der Waals surface area contributed by atoms with Gasteiger partial charge in [0.1, 0.15) is 29.4 Å². The summed E-state index contributed by atoms with van der Waals surface area (Å²) in [6.45, 7) is 14.8. The Morgan fingerprint density at radius 2 is 1.59 bits per heavy atom. The van der Waals surface area contributed by atoms with Crippen LogP contribution in [0.25, 0.3) is 10.8 Å². The number of hydrogen-bond acceptors (Lipinski definition) is 8. The summed E-state index contributed by atoms with van der Waals surface area (Å²) in [4.78, 5) is 78.7. The Labute approximate surface area is 360 Å². The van der Waals surface area contributed by atoms with Crippen LogP contribution in [0.5, 0.6) is 0 Å². The number of aromatic nitrogens is 1. The summed E-state index contributed by atoms with van der Waals surface area (Å²) in [5, 5.41) is 10.6. The first-order valence-electron chi connectivity index (χ1n) is 22.3. The first kappa shape index (κ1) is 43.3. The maximum absolute atomic E-state index is 15.3. The summed E-state index contributed by atoms with van der Waals surface area (Å²) in [5.74, 6) is -3.36. The normalized spacial score (nSPS) is 29.0. The van der Waals surface area contributed by atoms with E-state index in [-0.39, 0.29) is 34.3 Å². The topological polar surface area (TPSA) is 187 Å². The van der Waals surface area contributed by atoms with Crippen LogP contribution in [-0.4, -0.2) is 95.4 Å². The number of benzene rings is 1. The van der Waals surface area contributed by atoms with Crippen molar-refractivity contribution in [2.24, 2.45) is 33.5 Å². The predicted octanol–water partition coefficient (Wildman–Crippen LogP) is 4.76. The molecule has 6 fully saturated rings. The molecule has 8 rings (SSSR count). The second kappa shape index (κ2) is 15.5. The number of likely N-dealkylation sites (tertiary alicyclic amines) is 1. The van der Waals surface area contributed by atoms with E-state index in [1.807, 2.05) is 51.1 Å². The molecule has 4 saturated carbocycles. The van der Waals surface area contributed by atoms with Crippen molar-refractivity contribution < 1.29 is 32.4 Å². The number of carbonyl (C=O) groups excluding carboxylic acids is 5. The smallest absolute Gasteiger partial charge is 0.303 e. The molecule has 2 aliphatic heterocycles. The van der Waals surface area contributed by atoms with Crippen LogP contribution in [0.4, 0.5) is 0 Å². The zero-order valence-electron chi connectivity index (χ0n) is 36.3. The molecule has 2 spiro atoms. The first-order chi connectivity index (χ1) is 28.8. The highest BCUT2D eigenvalue weighted by Crippen LogP contribution is 2.88. The molecule has 61 heavy (non-hydrogen) atoms. The van der Waals surface area contributed by atoms with Crippen molar-refractivity contribution in [3.63, 3.8) is 0 Å². The Hall–Kier alpha value is -4.37. The molecule has 0 bridgehead atoms. The molecule has 4 aliphatic carbocycles. The minimum Gasteiger partial charge on any atom is -0.342 e. The number of pyridine rings is 1. The van der Waals surface area contributed by atoms with Gasteiger partial charge in [-0.25, -0.2) is 4.72 Å². The molecule has 6 atom stereocenters. The van der Waals surface area contributed by atoms with Crippen molar-refractivity contribution in [1.29, 1.82) is 0 Å². The Morgan fingerprint density at radius 1 is 0.902 bits per heavy atom. The third kappa shape index (κ3) is 7.15. The minimum atomic E-state index is -4.12. The predicted molar refractivity (Wildman–Crippen MR) is 231 cm³/mol. The van der Waals surface area contributed by atoms with Crippen LogP contribution in [-0.2, 0) is 29.4 Å². The summed E-state index contributed by atoms with van der Waals surface area (Å²) in [6, 6.07) is 6.31. The number of rotatable bonds is 12. The standard InChI is InChI=1S/C46H63N7O7S/c1-7-31-26-46(31,41(58)51-61(59,60)52-24-13-14-25-52)50-37(54)33-27-45(43(5,6)44(45)21-15-22-44)28-53(33)40(57)36(42(2,3)4)49-38(55)34(30-17-9-8-10-18-30)48-39(56)35-32-19-12-11-16-29(32)20-23-47-35/h7,11-12,16,19-20,23,30-31,33-34,36H,1,8-10,13-15,17-18,21-22,24-28H2,2-6H3,(H,48,56)(H,49,55)(H,50,54)(H,51,58)/t31-,33+,34?,36-,45-,46-/m1/s1. The molecular weight excluding hydrogens is 795 g/mol. The molecule has 4 N–H and O–H groups in total. The van der Waals surface area contributed by atoms with Gasteiger partial charge < -0.3 is 20.9 Å². The van der Waals surface area contributed by atoms with E-state index in [0.29, 0.717) is 44.3 Å². The number of fused-ring (bicyclic) bond motifs is 2. The van der Waals surface area contributed by atoms with E-state index in [0.717, 1.165) is 56.8 Å². The highest BCUT2D eigenvalue weighted by atomic mass is 32.2. The Balaban J connectivity index is 1.07. The fourth-order valence-corrected chi connectivity index (χ4v) is 13.3. The zero-order chi connectivity index (χ0) is 43.8. The van der Waals surface area contributed by atoms with Crippen molar-refractivity contribution in [2.75, 3.05) is 19.6 Å². The molecule has 1 unspecified atom stereocenters. The van der Waals surface area contributed by atoms with Crippen molar-refractivity contribution in [1.82, 2.24) is 34.9 Å². The van der Waals surface area contributed by atoms with Crippen molar-refractivity contribution in [2.45, 2.75) is 135 Å². The number of nitrogens with zero attached hydrogens (tertiary/aromatic N) is 3. The molecule has 6 aliphatic rings. The number of carbonyl (C=O) groups is 5. The molecular formula is C46H63N7O7S. The van der Waals surface area contributed by atoms with Crippen molar-refractivity contribution in [3.8, 4) is 0 Å². The Bertz CT molecular complexity index is 2230. The summed E-state index contributed by atoms with van der Waals surface area (Å²) in [7, 11) is -4.12. The van der Waals surface area contributed by atoms with Crippen LogP contribution in [0.15, 0.2) is 49.2 Å². The van der Waals surface area contributed by atoms with Crippen LogP contribution in [0, 0.1) is 33.5 Å². The SMILES string of the molecule is C=C[C@@H]1C[C@]1(NC(=O)[C@@H]1C[C@@]2(CN1C(=O)[C@@H](NC(=O)C(NC(=O)c1nccc3ccccc13)C1CCCCC1)C(C)(C)C)C(C)(C)C21CCC1)C(=O)NS(=O)(=O)N1CCCC1. The highest BCUT2D eigenvalue weighted by Gasteiger charge is 2.85. The van der Waals surface area contributed by atoms with Crippen molar-refractivity contribution >= 4 is 50.5 Å². The van der Waals surface area contributed by atoms with E-state index < -0.39 is 74.7 Å². The minimum absolute atomic E-state index is 0.0395. The van der Waals surface area contributed by atoms with Gasteiger partial charge in [0.15, 0.2) is 0 Å². The van der Waals surface area contributed by atoms with Crippen LogP contribution in [0.3, 0.4) is 0 Å². The van der Waals surface area contributed by atoms with Crippen LogP contribution >= 0.6 is 0 Å². The molecule has 2 saturated heterocycles. The molecule has 330 valence electrons. The van der Waals surface area contributed by atoms with Crippen LogP contribution < -0.4 is 20.7 Å². The summed E-state index contributed by atoms with van der Waals surface area (Å²) in [5.41, 5.74) is -2.70. The van der Waals surface area contributed by atoms with Gasteiger partial charge in [-0.15, -0.1) is 6.58 Å².